The van der Waals surface area contributed by atoms with Gasteiger partial charge in [0.05, 0.1) is 5.02 Å². The molecular weight excluding hydrogens is 484 g/mol. The van der Waals surface area contributed by atoms with Gasteiger partial charge in [-0.15, -0.1) is 0 Å². The first-order valence-corrected chi connectivity index (χ1v) is 12.2. The lowest BCUT2D eigenvalue weighted by Gasteiger charge is -2.25. The molecule has 5 rings (SSSR count). The fourth-order valence-electron chi connectivity index (χ4n) is 4.75. The number of hydrogen-bond donors (Lipinski definition) is 4. The average Bonchev–Trinajstić information content (AvgIpc) is 2.89. The maximum absolute atomic E-state index is 10.0. The smallest absolute Gasteiger partial charge is 0.115 e. The fraction of sp³-hybridized carbons (Fsp3) is 0.0625. The highest BCUT2D eigenvalue weighted by atomic mass is 35.5. The molecule has 37 heavy (non-hydrogen) atoms. The van der Waals surface area contributed by atoms with Crippen LogP contribution in [0.25, 0.3) is 33.4 Å². The zero-order chi connectivity index (χ0) is 26.1. The minimum Gasteiger partial charge on any atom is -0.508 e. The number of aromatic hydroxyl groups is 4. The summed E-state index contributed by atoms with van der Waals surface area (Å²) < 4.78 is 0. The Morgan fingerprint density at radius 2 is 0.838 bits per heavy atom. The standard InChI is InChI=1S/C32H25ClO4/c1-19-29(21-4-12-25(35)13-5-21)30(22-6-14-26(36)15-7-22)28(18-20-2-10-24(34)11-3-20)31(32(19)33)23-8-16-27(37)17-9-23/h2-17,34-37H,18H2,1H3. The molecule has 4 N–H and O–H groups in total. The van der Waals surface area contributed by atoms with Crippen molar-refractivity contribution in [1.29, 1.82) is 0 Å². The number of rotatable bonds is 5. The maximum atomic E-state index is 10.0. The maximum Gasteiger partial charge on any atom is 0.115 e. The molecule has 184 valence electrons. The van der Waals surface area contributed by atoms with Gasteiger partial charge in [0.25, 0.3) is 0 Å². The van der Waals surface area contributed by atoms with Crippen molar-refractivity contribution in [2.24, 2.45) is 0 Å². The predicted octanol–water partition coefficient (Wildman–Crippen LogP) is 8.06. The highest BCUT2D eigenvalue weighted by molar-refractivity contribution is 6.35. The van der Waals surface area contributed by atoms with Crippen molar-refractivity contribution in [2.75, 3.05) is 0 Å². The Kier molecular flexibility index (Phi) is 6.51. The molecule has 0 aliphatic heterocycles. The van der Waals surface area contributed by atoms with Gasteiger partial charge < -0.3 is 20.4 Å². The van der Waals surface area contributed by atoms with Gasteiger partial charge in [0.2, 0.25) is 0 Å². The van der Waals surface area contributed by atoms with Crippen LogP contribution in [0, 0.1) is 6.92 Å². The summed E-state index contributed by atoms with van der Waals surface area (Å²) in [4.78, 5) is 0. The lowest BCUT2D eigenvalue weighted by molar-refractivity contribution is 0.474. The second-order valence-corrected chi connectivity index (χ2v) is 9.40. The van der Waals surface area contributed by atoms with Crippen molar-refractivity contribution in [3.05, 3.63) is 119 Å². The average molecular weight is 509 g/mol. The molecule has 0 fully saturated rings. The lowest BCUT2D eigenvalue weighted by Crippen LogP contribution is -2.03. The Morgan fingerprint density at radius 3 is 1.27 bits per heavy atom. The number of phenols is 4. The summed E-state index contributed by atoms with van der Waals surface area (Å²) in [6.07, 6.45) is 0.512. The van der Waals surface area contributed by atoms with Crippen LogP contribution >= 0.6 is 11.6 Å². The molecule has 0 amide bonds. The van der Waals surface area contributed by atoms with E-state index in [1.807, 2.05) is 55.5 Å². The van der Waals surface area contributed by atoms with Crippen LogP contribution in [0.2, 0.25) is 5.02 Å². The fourth-order valence-corrected chi connectivity index (χ4v) is 5.07. The third-order valence-electron chi connectivity index (χ3n) is 6.56. The van der Waals surface area contributed by atoms with Crippen molar-refractivity contribution in [3.63, 3.8) is 0 Å². The summed E-state index contributed by atoms with van der Waals surface area (Å²) in [5.74, 6) is 0.687. The minimum absolute atomic E-state index is 0.163. The Labute approximate surface area is 220 Å². The van der Waals surface area contributed by atoms with Crippen molar-refractivity contribution in [2.45, 2.75) is 13.3 Å². The van der Waals surface area contributed by atoms with Gasteiger partial charge >= 0.3 is 0 Å². The minimum atomic E-state index is 0.163. The molecule has 5 aromatic carbocycles. The zero-order valence-electron chi connectivity index (χ0n) is 20.1. The molecule has 0 radical (unpaired) electrons. The Morgan fingerprint density at radius 1 is 0.486 bits per heavy atom. The van der Waals surface area contributed by atoms with Gasteiger partial charge in [-0.05, 0) is 106 Å². The van der Waals surface area contributed by atoms with E-state index in [9.17, 15) is 20.4 Å². The van der Waals surface area contributed by atoms with E-state index < -0.39 is 0 Å². The molecule has 4 nitrogen and oxygen atoms in total. The molecule has 0 unspecified atom stereocenters. The first-order valence-electron chi connectivity index (χ1n) is 11.8. The van der Waals surface area contributed by atoms with Crippen LogP contribution in [0.3, 0.4) is 0 Å². The van der Waals surface area contributed by atoms with Crippen LogP contribution in [-0.4, -0.2) is 20.4 Å². The quantitative estimate of drug-likeness (QED) is 0.193. The second kappa shape index (κ2) is 9.92. The molecule has 0 saturated heterocycles. The van der Waals surface area contributed by atoms with Gasteiger partial charge in [0, 0.05) is 5.56 Å². The summed E-state index contributed by atoms with van der Waals surface area (Å²) >= 11 is 7.14. The van der Waals surface area contributed by atoms with E-state index in [1.54, 1.807) is 48.5 Å². The number of benzene rings is 5. The van der Waals surface area contributed by atoms with Crippen LogP contribution in [0.15, 0.2) is 97.1 Å². The molecule has 0 spiro atoms. The summed E-state index contributed by atoms with van der Waals surface area (Å²) in [7, 11) is 0. The number of hydrogen-bond acceptors (Lipinski definition) is 4. The monoisotopic (exact) mass is 508 g/mol. The van der Waals surface area contributed by atoms with Gasteiger partial charge in [0.15, 0.2) is 0 Å². The lowest BCUT2D eigenvalue weighted by atomic mass is 9.81. The van der Waals surface area contributed by atoms with Crippen molar-refractivity contribution >= 4 is 11.6 Å². The first kappa shape index (κ1) is 24.3. The molecular formula is C32H25ClO4. The molecule has 5 aromatic rings. The topological polar surface area (TPSA) is 80.9 Å². The van der Waals surface area contributed by atoms with Crippen molar-refractivity contribution in [3.8, 4) is 56.4 Å². The molecule has 0 saturated carbocycles. The zero-order valence-corrected chi connectivity index (χ0v) is 20.9. The normalized spacial score (nSPS) is 11.0. The predicted molar refractivity (Wildman–Crippen MR) is 148 cm³/mol. The van der Waals surface area contributed by atoms with Crippen LogP contribution < -0.4 is 0 Å². The SMILES string of the molecule is Cc1c(Cl)c(-c2ccc(O)cc2)c(Cc2ccc(O)cc2)c(-c2ccc(O)cc2)c1-c1ccc(O)cc1. The summed E-state index contributed by atoms with van der Waals surface area (Å²) in [5.41, 5.74) is 8.17. The highest BCUT2D eigenvalue weighted by Gasteiger charge is 2.24. The van der Waals surface area contributed by atoms with Gasteiger partial charge in [-0.3, -0.25) is 0 Å². The first-order chi connectivity index (χ1) is 17.8. The Balaban J connectivity index is 1.90. The van der Waals surface area contributed by atoms with Crippen molar-refractivity contribution < 1.29 is 20.4 Å². The second-order valence-electron chi connectivity index (χ2n) is 9.03. The number of halogens is 1. The van der Waals surface area contributed by atoms with Gasteiger partial charge in [-0.1, -0.05) is 60.1 Å². The van der Waals surface area contributed by atoms with Crippen molar-refractivity contribution in [1.82, 2.24) is 0 Å². The molecule has 0 aromatic heterocycles. The Hall–Kier alpha value is -4.41. The van der Waals surface area contributed by atoms with E-state index in [0.717, 1.165) is 50.1 Å². The molecule has 0 bridgehead atoms. The summed E-state index contributed by atoms with van der Waals surface area (Å²) in [5, 5.41) is 40.3. The van der Waals surface area contributed by atoms with Crippen LogP contribution in [0.1, 0.15) is 16.7 Å². The molecule has 0 heterocycles. The third-order valence-corrected chi connectivity index (χ3v) is 7.03. The highest BCUT2D eigenvalue weighted by Crippen LogP contribution is 2.48. The Bertz CT molecular complexity index is 1560. The van der Waals surface area contributed by atoms with Gasteiger partial charge in [-0.2, -0.15) is 0 Å². The summed E-state index contributed by atoms with van der Waals surface area (Å²) in [6, 6.07) is 28.1. The van der Waals surface area contributed by atoms with E-state index in [0.29, 0.717) is 11.4 Å². The van der Waals surface area contributed by atoms with Gasteiger partial charge in [-0.25, -0.2) is 0 Å². The molecule has 0 atom stereocenters. The molecule has 0 aliphatic rings. The summed E-state index contributed by atoms with van der Waals surface area (Å²) in [6.45, 7) is 1.97. The largest absolute Gasteiger partial charge is 0.508 e. The van der Waals surface area contributed by atoms with Crippen LogP contribution in [0.4, 0.5) is 0 Å². The van der Waals surface area contributed by atoms with E-state index in [4.69, 9.17) is 11.6 Å². The van der Waals surface area contributed by atoms with E-state index in [-0.39, 0.29) is 23.0 Å². The number of phenolic OH excluding ortho intramolecular Hbond substituents is 4. The molecule has 0 aliphatic carbocycles. The van der Waals surface area contributed by atoms with Gasteiger partial charge in [0.1, 0.15) is 23.0 Å². The van der Waals surface area contributed by atoms with E-state index in [1.165, 1.54) is 0 Å². The van der Waals surface area contributed by atoms with Crippen LogP contribution in [0.5, 0.6) is 23.0 Å². The van der Waals surface area contributed by atoms with E-state index in [2.05, 4.69) is 0 Å². The third kappa shape index (κ3) is 4.84. The molecule has 5 heteroatoms. The van der Waals surface area contributed by atoms with E-state index >= 15 is 0 Å². The van der Waals surface area contributed by atoms with Crippen LogP contribution in [-0.2, 0) is 6.42 Å².